The van der Waals surface area contributed by atoms with Crippen molar-refractivity contribution in [2.75, 3.05) is 6.61 Å². The van der Waals surface area contributed by atoms with Crippen LogP contribution in [0.15, 0.2) is 36.7 Å². The molecule has 1 fully saturated rings. The lowest BCUT2D eigenvalue weighted by atomic mass is 9.99. The van der Waals surface area contributed by atoms with E-state index in [0.29, 0.717) is 12.3 Å². The number of hydrogen-bond acceptors (Lipinski definition) is 8. The first kappa shape index (κ1) is 20.3. The van der Waals surface area contributed by atoms with Crippen molar-refractivity contribution in [2.24, 2.45) is 0 Å². The Hall–Kier alpha value is -2.01. The van der Waals surface area contributed by atoms with Crippen LogP contribution in [0.4, 0.5) is 0 Å². The van der Waals surface area contributed by atoms with Crippen LogP contribution in [0.1, 0.15) is 16.7 Å². The molecule has 1 aromatic carbocycles. The maximum Gasteiger partial charge on any atom is 0.229 e. The van der Waals surface area contributed by atoms with Gasteiger partial charge in [-0.05, 0) is 30.7 Å². The SMILES string of the molecule is CCc1ccc(Cn2cnc3cccc(OC4O[C@@H](CO)[C@H](O)[C@@H](O)[C@@H]4O)c32)s1. The molecule has 4 N–H and O–H groups in total. The third kappa shape index (κ3) is 3.89. The smallest absolute Gasteiger partial charge is 0.229 e. The van der Waals surface area contributed by atoms with Gasteiger partial charge in [-0.3, -0.25) is 0 Å². The summed E-state index contributed by atoms with van der Waals surface area (Å²) >= 11 is 1.74. The second kappa shape index (κ2) is 8.39. The zero-order chi connectivity index (χ0) is 20.5. The number of ether oxygens (including phenoxy) is 2. The second-order valence-electron chi connectivity index (χ2n) is 7.03. The fourth-order valence-corrected chi connectivity index (χ4v) is 4.42. The van der Waals surface area contributed by atoms with Gasteiger partial charge < -0.3 is 34.5 Å². The fraction of sp³-hybridized carbons (Fsp3) is 0.450. The normalized spacial score (nSPS) is 27.4. The predicted octanol–water partition coefficient (Wildman–Crippen LogP) is 0.887. The average Bonchev–Trinajstić information content (AvgIpc) is 3.36. The number of rotatable bonds is 6. The topological polar surface area (TPSA) is 117 Å². The van der Waals surface area contributed by atoms with Gasteiger partial charge in [-0.25, -0.2) is 4.98 Å². The predicted molar refractivity (Wildman–Crippen MR) is 107 cm³/mol. The van der Waals surface area contributed by atoms with E-state index in [1.807, 2.05) is 10.6 Å². The number of benzene rings is 1. The lowest BCUT2D eigenvalue weighted by Crippen LogP contribution is -2.60. The molecule has 0 radical (unpaired) electrons. The molecule has 0 aliphatic carbocycles. The van der Waals surface area contributed by atoms with Crippen LogP contribution in [0, 0.1) is 0 Å². The summed E-state index contributed by atoms with van der Waals surface area (Å²) in [5.41, 5.74) is 1.45. The summed E-state index contributed by atoms with van der Waals surface area (Å²) in [5, 5.41) is 39.6. The Bertz CT molecular complexity index is 971. The molecule has 3 heterocycles. The zero-order valence-corrected chi connectivity index (χ0v) is 16.7. The Kier molecular flexibility index (Phi) is 5.86. The summed E-state index contributed by atoms with van der Waals surface area (Å²) in [6, 6.07) is 9.58. The molecule has 1 unspecified atom stereocenters. The van der Waals surface area contributed by atoms with Crippen molar-refractivity contribution >= 4 is 22.4 Å². The van der Waals surface area contributed by atoms with Crippen molar-refractivity contribution in [2.45, 2.75) is 50.6 Å². The summed E-state index contributed by atoms with van der Waals surface area (Å²) in [6.45, 7) is 2.23. The molecule has 0 saturated carbocycles. The highest BCUT2D eigenvalue weighted by molar-refractivity contribution is 7.11. The largest absolute Gasteiger partial charge is 0.460 e. The molecular formula is C20H24N2O6S. The van der Waals surface area contributed by atoms with Crippen LogP contribution in [0.2, 0.25) is 0 Å². The van der Waals surface area contributed by atoms with Crippen LogP contribution in [0.25, 0.3) is 11.0 Å². The van der Waals surface area contributed by atoms with Gasteiger partial charge in [-0.2, -0.15) is 0 Å². The highest BCUT2D eigenvalue weighted by Gasteiger charge is 2.44. The minimum absolute atomic E-state index is 0.427. The van der Waals surface area contributed by atoms with Gasteiger partial charge in [0, 0.05) is 9.75 Å². The molecule has 0 amide bonds. The van der Waals surface area contributed by atoms with Crippen molar-refractivity contribution in [3.63, 3.8) is 0 Å². The Morgan fingerprint density at radius 2 is 1.90 bits per heavy atom. The first-order valence-corrected chi connectivity index (χ1v) is 10.3. The Balaban J connectivity index is 1.63. The van der Waals surface area contributed by atoms with Gasteiger partial charge in [0.05, 0.1) is 25.0 Å². The van der Waals surface area contributed by atoms with Crippen molar-refractivity contribution in [1.29, 1.82) is 0 Å². The van der Waals surface area contributed by atoms with Crippen molar-refractivity contribution in [3.05, 3.63) is 46.4 Å². The minimum Gasteiger partial charge on any atom is -0.460 e. The number of thiophene rings is 1. The molecule has 2 aromatic heterocycles. The number of hydrogen-bond donors (Lipinski definition) is 4. The quantitative estimate of drug-likeness (QED) is 0.468. The molecule has 29 heavy (non-hydrogen) atoms. The van der Waals surface area contributed by atoms with Gasteiger partial charge in [-0.1, -0.05) is 13.0 Å². The summed E-state index contributed by atoms with van der Waals surface area (Å²) in [5.74, 6) is 0.427. The van der Waals surface area contributed by atoms with E-state index in [1.165, 1.54) is 9.75 Å². The third-order valence-electron chi connectivity index (χ3n) is 5.08. The summed E-state index contributed by atoms with van der Waals surface area (Å²) in [7, 11) is 0. The summed E-state index contributed by atoms with van der Waals surface area (Å²) in [6.07, 6.45) is -3.94. The zero-order valence-electron chi connectivity index (χ0n) is 15.9. The molecule has 5 atom stereocenters. The number of nitrogens with zero attached hydrogens (tertiary/aromatic N) is 2. The number of aromatic nitrogens is 2. The van der Waals surface area contributed by atoms with Crippen LogP contribution in [-0.2, 0) is 17.7 Å². The molecule has 3 aromatic rings. The van der Waals surface area contributed by atoms with E-state index in [9.17, 15) is 20.4 Å². The standard InChI is InChI=1S/C20H24N2O6S/c1-2-11-6-7-12(29-11)8-22-10-21-13-4-3-5-14(16(13)22)27-20-19(26)18(25)17(24)15(9-23)28-20/h3-7,10,15,17-20,23-26H,2,8-9H2,1H3/t15-,17-,18+,19-,20?/m0/s1. The first-order valence-electron chi connectivity index (χ1n) is 9.50. The highest BCUT2D eigenvalue weighted by atomic mass is 32.1. The van der Waals surface area contributed by atoms with Crippen molar-refractivity contribution < 1.29 is 29.9 Å². The van der Waals surface area contributed by atoms with Gasteiger partial charge in [0.2, 0.25) is 6.29 Å². The van der Waals surface area contributed by atoms with E-state index < -0.39 is 37.3 Å². The number of para-hydroxylation sites is 1. The van der Waals surface area contributed by atoms with Crippen LogP contribution in [0.5, 0.6) is 5.75 Å². The van der Waals surface area contributed by atoms with E-state index in [0.717, 1.165) is 17.5 Å². The second-order valence-corrected chi connectivity index (χ2v) is 8.29. The number of aliphatic hydroxyl groups excluding tert-OH is 4. The van der Waals surface area contributed by atoms with Gasteiger partial charge in [0.15, 0.2) is 0 Å². The molecule has 8 nitrogen and oxygen atoms in total. The minimum atomic E-state index is -1.49. The molecule has 4 rings (SSSR count). The summed E-state index contributed by atoms with van der Waals surface area (Å²) in [4.78, 5) is 6.92. The molecule has 1 aliphatic rings. The van der Waals surface area contributed by atoms with Gasteiger partial charge in [0.25, 0.3) is 0 Å². The van der Waals surface area contributed by atoms with E-state index in [2.05, 4.69) is 24.0 Å². The van der Waals surface area contributed by atoms with Gasteiger partial charge in [0.1, 0.15) is 35.7 Å². The third-order valence-corrected chi connectivity index (χ3v) is 6.30. The molecular weight excluding hydrogens is 396 g/mol. The molecule has 156 valence electrons. The highest BCUT2D eigenvalue weighted by Crippen LogP contribution is 2.30. The van der Waals surface area contributed by atoms with E-state index in [1.54, 1.807) is 29.8 Å². The Morgan fingerprint density at radius 1 is 1.10 bits per heavy atom. The maximum atomic E-state index is 10.3. The maximum absolute atomic E-state index is 10.3. The van der Waals surface area contributed by atoms with Crippen LogP contribution < -0.4 is 4.74 Å². The lowest BCUT2D eigenvalue weighted by molar-refractivity contribution is -0.277. The van der Waals surface area contributed by atoms with Crippen molar-refractivity contribution in [3.8, 4) is 5.75 Å². The van der Waals surface area contributed by atoms with E-state index in [4.69, 9.17) is 9.47 Å². The molecule has 0 bridgehead atoms. The number of aryl methyl sites for hydroxylation is 1. The fourth-order valence-electron chi connectivity index (χ4n) is 3.46. The lowest BCUT2D eigenvalue weighted by Gasteiger charge is -2.39. The van der Waals surface area contributed by atoms with Gasteiger partial charge in [-0.15, -0.1) is 11.3 Å². The molecule has 1 aliphatic heterocycles. The molecule has 9 heteroatoms. The van der Waals surface area contributed by atoms with Crippen LogP contribution in [-0.4, -0.2) is 67.3 Å². The molecule has 0 spiro atoms. The number of imidazole rings is 1. The van der Waals surface area contributed by atoms with Crippen LogP contribution >= 0.6 is 11.3 Å². The Morgan fingerprint density at radius 3 is 2.62 bits per heavy atom. The summed E-state index contributed by atoms with van der Waals surface area (Å²) < 4.78 is 13.3. The monoisotopic (exact) mass is 420 g/mol. The van der Waals surface area contributed by atoms with Crippen molar-refractivity contribution in [1.82, 2.24) is 9.55 Å². The number of fused-ring (bicyclic) bond motifs is 1. The van der Waals surface area contributed by atoms with E-state index in [-0.39, 0.29) is 0 Å². The van der Waals surface area contributed by atoms with Crippen LogP contribution in [0.3, 0.4) is 0 Å². The van der Waals surface area contributed by atoms with E-state index >= 15 is 0 Å². The average molecular weight is 420 g/mol. The van der Waals surface area contributed by atoms with Gasteiger partial charge >= 0.3 is 0 Å². The first-order chi connectivity index (χ1) is 14.0. The Labute approximate surface area is 171 Å². The molecule has 1 saturated heterocycles. The number of aliphatic hydroxyl groups is 4.